The van der Waals surface area contributed by atoms with Crippen molar-refractivity contribution in [1.82, 2.24) is 9.80 Å². The van der Waals surface area contributed by atoms with Crippen LogP contribution >= 0.6 is 0 Å². The molecule has 6 rings (SSSR count). The molecule has 6 heteroatoms. The molecule has 2 aliphatic heterocycles. The number of hydrogen-bond donors (Lipinski definition) is 0. The number of anilines is 3. The maximum absolute atomic E-state index is 6.66. The summed E-state index contributed by atoms with van der Waals surface area (Å²) in [4.78, 5) is 8.56. The zero-order valence-electron chi connectivity index (χ0n) is 29.3. The summed E-state index contributed by atoms with van der Waals surface area (Å²) in [7, 11) is 4.15. The van der Waals surface area contributed by atoms with Crippen molar-refractivity contribution in [3.8, 4) is 22.6 Å². The van der Waals surface area contributed by atoms with E-state index < -0.39 is 0 Å². The molecule has 0 aliphatic carbocycles. The minimum absolute atomic E-state index is 0. The molecule has 0 N–H and O–H groups in total. The fourth-order valence-corrected chi connectivity index (χ4v) is 6.29. The molecule has 0 atom stereocenters. The third-order valence-corrected chi connectivity index (χ3v) is 9.07. The summed E-state index contributed by atoms with van der Waals surface area (Å²) in [5.41, 5.74) is 8.96. The Morgan fingerprint density at radius 3 is 1.98 bits per heavy atom. The fraction of sp³-hybridized carbons (Fsp3) is 0.317. The van der Waals surface area contributed by atoms with Crippen molar-refractivity contribution < 1.29 is 25.8 Å². The van der Waals surface area contributed by atoms with Crippen molar-refractivity contribution in [3.63, 3.8) is 0 Å². The van der Waals surface area contributed by atoms with Gasteiger partial charge in [-0.05, 0) is 79.5 Å². The van der Waals surface area contributed by atoms with Gasteiger partial charge in [0.1, 0.15) is 0 Å². The Morgan fingerprint density at radius 2 is 1.34 bits per heavy atom. The molecule has 0 unspecified atom stereocenters. The summed E-state index contributed by atoms with van der Waals surface area (Å²) in [5.74, 6) is 1.27. The molecule has 2 aliphatic rings. The minimum atomic E-state index is -0.128. The fourth-order valence-electron chi connectivity index (χ4n) is 6.29. The summed E-state index contributed by atoms with van der Waals surface area (Å²) in [6, 6.07) is 32.8. The zero-order chi connectivity index (χ0) is 33.0. The van der Waals surface area contributed by atoms with Crippen LogP contribution in [0.15, 0.2) is 85.2 Å². The number of ether oxygens (including phenoxy) is 1. The average Bonchev–Trinajstić information content (AvgIpc) is 3.44. The number of hydrogen-bond acceptors (Lipinski definition) is 5. The van der Waals surface area contributed by atoms with E-state index in [2.05, 4.69) is 157 Å². The summed E-state index contributed by atoms with van der Waals surface area (Å²) in [5, 5.41) is 0. The SMILES string of the molecule is CN1C=CN(c2[c-]c(Oc3[c-]c(N4[CH-]N(C)C(C)(C)c5ccccc54)ccc3)cc(-c3c(C(C)(C)C)cccc3C(C)(C)C)c2)[CH-]1.[Pt+4]. The van der Waals surface area contributed by atoms with Gasteiger partial charge in [0.2, 0.25) is 0 Å². The molecule has 246 valence electrons. The third kappa shape index (κ3) is 6.89. The van der Waals surface area contributed by atoms with Crippen LogP contribution in [-0.2, 0) is 37.4 Å². The Hall–Kier alpha value is -3.53. The number of para-hydroxylation sites is 1. The van der Waals surface area contributed by atoms with Crippen molar-refractivity contribution in [3.05, 3.63) is 127 Å². The molecule has 2 heterocycles. The molecule has 0 radical (unpaired) electrons. The van der Waals surface area contributed by atoms with E-state index in [1.165, 1.54) is 22.3 Å². The predicted molar refractivity (Wildman–Crippen MR) is 191 cm³/mol. The first kappa shape index (κ1) is 34.8. The molecule has 0 fully saturated rings. The van der Waals surface area contributed by atoms with E-state index >= 15 is 0 Å². The minimum Gasteiger partial charge on any atom is -0.510 e. The molecule has 47 heavy (non-hydrogen) atoms. The van der Waals surface area contributed by atoms with Crippen LogP contribution in [0.5, 0.6) is 11.5 Å². The molecule has 0 saturated carbocycles. The summed E-state index contributed by atoms with van der Waals surface area (Å²) in [6.45, 7) is 22.4. The van der Waals surface area contributed by atoms with E-state index in [0.717, 1.165) is 22.6 Å². The van der Waals surface area contributed by atoms with E-state index in [9.17, 15) is 0 Å². The van der Waals surface area contributed by atoms with Crippen molar-refractivity contribution in [2.75, 3.05) is 23.9 Å². The van der Waals surface area contributed by atoms with Crippen LogP contribution in [0.1, 0.15) is 72.1 Å². The van der Waals surface area contributed by atoms with E-state index in [4.69, 9.17) is 4.74 Å². The second-order valence-electron chi connectivity index (χ2n) is 15.0. The first-order chi connectivity index (χ1) is 21.6. The molecule has 0 spiro atoms. The number of benzene rings is 4. The molecule has 0 aromatic heterocycles. The monoisotopic (exact) mass is 805 g/mol. The Balaban J connectivity index is 0.00000433. The number of fused-ring (bicyclic) bond motifs is 1. The van der Waals surface area contributed by atoms with Crippen molar-refractivity contribution in [2.24, 2.45) is 0 Å². The van der Waals surface area contributed by atoms with Gasteiger partial charge in [-0.15, -0.1) is 53.3 Å². The molecule has 4 aromatic rings. The van der Waals surface area contributed by atoms with E-state index in [1.54, 1.807) is 0 Å². The van der Waals surface area contributed by atoms with E-state index in [1.807, 2.05) is 43.1 Å². The van der Waals surface area contributed by atoms with Gasteiger partial charge in [-0.25, -0.2) is 0 Å². The van der Waals surface area contributed by atoms with E-state index in [0.29, 0.717) is 11.5 Å². The standard InChI is InChI=1S/C41H46N4O.Pt/c1-39(2,3)35-18-14-19-36(40(4,5)6)38(35)29-23-31(44-22-21-42(9)27-44)26-33(24-29)46-32-16-13-15-30(25-32)45-28-43(10)41(7,8)34-17-11-12-20-37(34)45;/h11-24,27-28H,1-10H3;/q-4;+4. The van der Waals surface area contributed by atoms with Gasteiger partial charge in [-0.3, -0.25) is 0 Å². The topological polar surface area (TPSA) is 22.2 Å². The first-order valence-corrected chi connectivity index (χ1v) is 16.0. The van der Waals surface area contributed by atoms with Gasteiger partial charge in [-0.2, -0.15) is 19.4 Å². The Kier molecular flexibility index (Phi) is 9.49. The average molecular weight is 806 g/mol. The Bertz CT molecular complexity index is 1750. The molecular weight excluding hydrogens is 760 g/mol. The molecule has 4 aromatic carbocycles. The van der Waals surface area contributed by atoms with Gasteiger partial charge < -0.3 is 24.3 Å². The molecular formula is C41H46N4OPt. The zero-order valence-corrected chi connectivity index (χ0v) is 31.5. The van der Waals surface area contributed by atoms with Crippen molar-refractivity contribution in [2.45, 2.75) is 71.8 Å². The van der Waals surface area contributed by atoms with Crippen LogP contribution in [0.25, 0.3) is 11.1 Å². The molecule has 0 saturated heterocycles. The van der Waals surface area contributed by atoms with E-state index in [-0.39, 0.29) is 37.4 Å². The summed E-state index contributed by atoms with van der Waals surface area (Å²) < 4.78 is 6.66. The van der Waals surface area contributed by atoms with Crippen LogP contribution in [0.3, 0.4) is 0 Å². The second kappa shape index (κ2) is 12.8. The summed E-state index contributed by atoms with van der Waals surface area (Å²) in [6.07, 6.45) is 4.08. The molecule has 5 nitrogen and oxygen atoms in total. The number of nitrogens with zero attached hydrogens (tertiary/aromatic N) is 4. The van der Waals surface area contributed by atoms with Gasteiger partial charge in [0.05, 0.1) is 0 Å². The first-order valence-electron chi connectivity index (χ1n) is 16.0. The maximum atomic E-state index is 6.66. The predicted octanol–water partition coefficient (Wildman–Crippen LogP) is 10.1. The molecule has 0 amide bonds. The van der Waals surface area contributed by atoms with Crippen molar-refractivity contribution >= 4 is 17.1 Å². The Morgan fingerprint density at radius 1 is 0.702 bits per heavy atom. The van der Waals surface area contributed by atoms with Gasteiger partial charge in [0.25, 0.3) is 0 Å². The molecule has 0 bridgehead atoms. The van der Waals surface area contributed by atoms with Crippen LogP contribution in [0, 0.1) is 25.5 Å². The smallest absolute Gasteiger partial charge is 0.510 e. The van der Waals surface area contributed by atoms with Gasteiger partial charge >= 0.3 is 21.1 Å². The third-order valence-electron chi connectivity index (χ3n) is 9.07. The van der Waals surface area contributed by atoms with Gasteiger partial charge in [0.15, 0.2) is 0 Å². The van der Waals surface area contributed by atoms with Crippen LogP contribution in [-0.4, -0.2) is 23.9 Å². The maximum Gasteiger partial charge on any atom is 4.00 e. The quantitative estimate of drug-likeness (QED) is 0.187. The van der Waals surface area contributed by atoms with Crippen LogP contribution in [0.2, 0.25) is 0 Å². The van der Waals surface area contributed by atoms with Crippen LogP contribution in [0.4, 0.5) is 17.1 Å². The van der Waals surface area contributed by atoms with Crippen LogP contribution < -0.4 is 14.5 Å². The van der Waals surface area contributed by atoms with Gasteiger partial charge in [-0.1, -0.05) is 77.9 Å². The second-order valence-corrected chi connectivity index (χ2v) is 15.0. The largest absolute Gasteiger partial charge is 4.00 e. The Labute approximate surface area is 297 Å². The normalized spacial score (nSPS) is 16.3. The summed E-state index contributed by atoms with van der Waals surface area (Å²) >= 11 is 0. The number of rotatable bonds is 5. The van der Waals surface area contributed by atoms with Gasteiger partial charge in [0, 0.05) is 22.7 Å². The van der Waals surface area contributed by atoms with Crippen molar-refractivity contribution in [1.29, 1.82) is 0 Å².